The van der Waals surface area contributed by atoms with Gasteiger partial charge in [-0.1, -0.05) is 0 Å². The van der Waals surface area contributed by atoms with Crippen molar-refractivity contribution in [3.8, 4) is 0 Å². The monoisotopic (exact) mass is 247 g/mol. The van der Waals surface area contributed by atoms with E-state index < -0.39 is 0 Å². The van der Waals surface area contributed by atoms with E-state index in [2.05, 4.69) is 10.4 Å². The van der Waals surface area contributed by atoms with E-state index in [1.54, 1.807) is 41.0 Å². The molecular formula is C12H17N5O. The number of aryl methyl sites for hydroxylation is 1. The van der Waals surface area contributed by atoms with Crippen molar-refractivity contribution in [3.05, 3.63) is 30.4 Å². The second-order valence-electron chi connectivity index (χ2n) is 4.53. The molecule has 0 aliphatic heterocycles. The van der Waals surface area contributed by atoms with Crippen LogP contribution in [-0.4, -0.2) is 20.3 Å². The molecule has 0 spiro atoms. The number of amides is 1. The molecule has 0 bridgehead atoms. The number of hydrogen-bond donors (Lipinski definition) is 2. The van der Waals surface area contributed by atoms with Gasteiger partial charge in [0, 0.05) is 25.5 Å². The molecule has 6 nitrogen and oxygen atoms in total. The second-order valence-corrected chi connectivity index (χ2v) is 4.53. The fourth-order valence-corrected chi connectivity index (χ4v) is 1.70. The highest BCUT2D eigenvalue weighted by Gasteiger charge is 2.12. The van der Waals surface area contributed by atoms with Crippen molar-refractivity contribution in [2.75, 3.05) is 11.1 Å². The summed E-state index contributed by atoms with van der Waals surface area (Å²) in [5.41, 5.74) is 7.40. The van der Waals surface area contributed by atoms with Crippen LogP contribution >= 0.6 is 0 Å². The summed E-state index contributed by atoms with van der Waals surface area (Å²) in [6.07, 6.45) is 5.13. The fourth-order valence-electron chi connectivity index (χ4n) is 1.70. The van der Waals surface area contributed by atoms with Crippen LogP contribution in [0.4, 0.5) is 11.4 Å². The molecule has 0 aromatic carbocycles. The fraction of sp³-hybridized carbons (Fsp3) is 0.333. The Morgan fingerprint density at radius 3 is 2.67 bits per heavy atom. The van der Waals surface area contributed by atoms with E-state index in [9.17, 15) is 4.79 Å². The first kappa shape index (κ1) is 12.2. The lowest BCUT2D eigenvalue weighted by molar-refractivity contribution is 0.101. The Bertz CT molecular complexity index is 567. The molecule has 6 heteroatoms. The minimum atomic E-state index is -0.197. The molecule has 96 valence electrons. The van der Waals surface area contributed by atoms with Crippen LogP contribution in [-0.2, 0) is 7.05 Å². The Hall–Kier alpha value is -2.24. The van der Waals surface area contributed by atoms with Gasteiger partial charge in [-0.25, -0.2) is 0 Å². The normalized spacial score (nSPS) is 10.9. The molecule has 0 radical (unpaired) electrons. The predicted molar refractivity (Wildman–Crippen MR) is 70.4 cm³/mol. The van der Waals surface area contributed by atoms with Gasteiger partial charge in [-0.3, -0.25) is 9.48 Å². The van der Waals surface area contributed by atoms with E-state index in [0.29, 0.717) is 17.1 Å². The first-order valence-electron chi connectivity index (χ1n) is 5.74. The Morgan fingerprint density at radius 1 is 1.44 bits per heavy atom. The van der Waals surface area contributed by atoms with Crippen LogP contribution in [0, 0.1) is 0 Å². The zero-order valence-electron chi connectivity index (χ0n) is 10.7. The Kier molecular flexibility index (Phi) is 3.10. The lowest BCUT2D eigenvalue weighted by atomic mass is 10.3. The van der Waals surface area contributed by atoms with Crippen LogP contribution in [0.15, 0.2) is 24.7 Å². The van der Waals surface area contributed by atoms with E-state index in [0.717, 1.165) is 0 Å². The third kappa shape index (κ3) is 2.37. The summed E-state index contributed by atoms with van der Waals surface area (Å²) in [5.74, 6) is -0.197. The second kappa shape index (κ2) is 4.56. The maximum Gasteiger partial charge on any atom is 0.272 e. The number of nitrogen functional groups attached to an aromatic ring is 1. The SMILES string of the molecule is CC(C)n1cc(NC(=O)c2cc(N)cn2C)cn1. The summed E-state index contributed by atoms with van der Waals surface area (Å²) >= 11 is 0. The molecule has 0 atom stereocenters. The topological polar surface area (TPSA) is 77.9 Å². The van der Waals surface area contributed by atoms with Crippen molar-refractivity contribution in [1.82, 2.24) is 14.3 Å². The number of anilines is 2. The van der Waals surface area contributed by atoms with E-state index in [-0.39, 0.29) is 11.9 Å². The molecule has 0 saturated carbocycles. The van der Waals surface area contributed by atoms with Gasteiger partial charge in [0.25, 0.3) is 5.91 Å². The molecule has 2 heterocycles. The Labute approximate surface area is 105 Å². The number of carbonyl (C=O) groups excluding carboxylic acids is 1. The van der Waals surface area contributed by atoms with Crippen LogP contribution in [0.5, 0.6) is 0 Å². The predicted octanol–water partition coefficient (Wildman–Crippen LogP) is 1.64. The average molecular weight is 247 g/mol. The van der Waals surface area contributed by atoms with Gasteiger partial charge in [-0.05, 0) is 19.9 Å². The first-order chi connectivity index (χ1) is 8.47. The van der Waals surface area contributed by atoms with Crippen LogP contribution in [0.2, 0.25) is 0 Å². The molecule has 0 aliphatic carbocycles. The Balaban J connectivity index is 2.13. The minimum absolute atomic E-state index is 0.197. The summed E-state index contributed by atoms with van der Waals surface area (Å²) in [4.78, 5) is 12.0. The largest absolute Gasteiger partial charge is 0.397 e. The number of carbonyl (C=O) groups is 1. The van der Waals surface area contributed by atoms with Gasteiger partial charge in [-0.15, -0.1) is 0 Å². The van der Waals surface area contributed by atoms with Crippen molar-refractivity contribution in [1.29, 1.82) is 0 Å². The van der Waals surface area contributed by atoms with Gasteiger partial charge in [0.05, 0.1) is 17.6 Å². The highest BCUT2D eigenvalue weighted by Crippen LogP contribution is 2.13. The zero-order valence-corrected chi connectivity index (χ0v) is 10.7. The average Bonchev–Trinajstić information content (AvgIpc) is 2.85. The summed E-state index contributed by atoms with van der Waals surface area (Å²) < 4.78 is 3.48. The van der Waals surface area contributed by atoms with Crippen LogP contribution in [0.25, 0.3) is 0 Å². The van der Waals surface area contributed by atoms with Gasteiger partial charge in [-0.2, -0.15) is 5.10 Å². The molecule has 2 aromatic rings. The molecule has 1 amide bonds. The molecule has 2 rings (SSSR count). The van der Waals surface area contributed by atoms with Gasteiger partial charge < -0.3 is 15.6 Å². The maximum absolute atomic E-state index is 12.0. The van der Waals surface area contributed by atoms with Gasteiger partial charge in [0.1, 0.15) is 5.69 Å². The highest BCUT2D eigenvalue weighted by atomic mass is 16.1. The first-order valence-corrected chi connectivity index (χ1v) is 5.74. The molecule has 3 N–H and O–H groups in total. The lowest BCUT2D eigenvalue weighted by Gasteiger charge is -2.04. The molecule has 0 aliphatic rings. The summed E-state index contributed by atoms with van der Waals surface area (Å²) in [7, 11) is 1.78. The van der Waals surface area contributed by atoms with Crippen molar-refractivity contribution < 1.29 is 4.79 Å². The standard InChI is InChI=1S/C12H17N5O/c1-8(2)17-7-10(5-14-17)15-12(18)11-4-9(13)6-16(11)3/h4-8H,13H2,1-3H3,(H,15,18). The molecule has 0 unspecified atom stereocenters. The maximum atomic E-state index is 12.0. The van der Waals surface area contributed by atoms with Crippen LogP contribution in [0.3, 0.4) is 0 Å². The van der Waals surface area contributed by atoms with E-state index in [1.807, 2.05) is 13.8 Å². The molecule has 2 aromatic heterocycles. The summed E-state index contributed by atoms with van der Waals surface area (Å²) in [5, 5.41) is 6.95. The van der Waals surface area contributed by atoms with Crippen LogP contribution < -0.4 is 11.1 Å². The minimum Gasteiger partial charge on any atom is -0.397 e. The molecular weight excluding hydrogens is 230 g/mol. The zero-order chi connectivity index (χ0) is 13.3. The third-order valence-electron chi connectivity index (χ3n) is 2.65. The van der Waals surface area contributed by atoms with E-state index in [1.165, 1.54) is 0 Å². The van der Waals surface area contributed by atoms with Crippen molar-refractivity contribution in [2.45, 2.75) is 19.9 Å². The van der Waals surface area contributed by atoms with E-state index in [4.69, 9.17) is 5.73 Å². The quantitative estimate of drug-likeness (QED) is 0.865. The number of nitrogens with two attached hydrogens (primary N) is 1. The van der Waals surface area contributed by atoms with E-state index >= 15 is 0 Å². The van der Waals surface area contributed by atoms with Crippen LogP contribution in [0.1, 0.15) is 30.4 Å². The lowest BCUT2D eigenvalue weighted by Crippen LogP contribution is -2.14. The highest BCUT2D eigenvalue weighted by molar-refractivity contribution is 6.03. The number of rotatable bonds is 3. The molecule has 0 fully saturated rings. The Morgan fingerprint density at radius 2 is 2.17 bits per heavy atom. The van der Waals surface area contributed by atoms with Crippen molar-refractivity contribution in [3.63, 3.8) is 0 Å². The summed E-state index contributed by atoms with van der Waals surface area (Å²) in [6.45, 7) is 4.05. The van der Waals surface area contributed by atoms with Crippen molar-refractivity contribution >= 4 is 17.3 Å². The number of aromatic nitrogens is 3. The third-order valence-corrected chi connectivity index (χ3v) is 2.65. The van der Waals surface area contributed by atoms with Gasteiger partial charge >= 0.3 is 0 Å². The van der Waals surface area contributed by atoms with Gasteiger partial charge in [0.2, 0.25) is 0 Å². The number of hydrogen-bond acceptors (Lipinski definition) is 3. The molecule has 0 saturated heterocycles. The number of nitrogens with one attached hydrogen (secondary N) is 1. The smallest absolute Gasteiger partial charge is 0.272 e. The number of nitrogens with zero attached hydrogens (tertiary/aromatic N) is 3. The molecule has 18 heavy (non-hydrogen) atoms. The van der Waals surface area contributed by atoms with Gasteiger partial charge in [0.15, 0.2) is 0 Å². The summed E-state index contributed by atoms with van der Waals surface area (Å²) in [6, 6.07) is 1.91. The van der Waals surface area contributed by atoms with Crippen molar-refractivity contribution in [2.24, 2.45) is 7.05 Å².